The highest BCUT2D eigenvalue weighted by Gasteiger charge is 2.24. The van der Waals surface area contributed by atoms with E-state index in [1.807, 2.05) is 0 Å². The number of benzene rings is 1. The summed E-state index contributed by atoms with van der Waals surface area (Å²) in [6.45, 7) is 3.19. The van der Waals surface area contributed by atoms with E-state index < -0.39 is 20.0 Å². The molecule has 1 saturated carbocycles. The van der Waals surface area contributed by atoms with Crippen LogP contribution in [0.15, 0.2) is 17.0 Å². The Morgan fingerprint density at radius 2 is 1.64 bits per heavy atom. The highest BCUT2D eigenvalue weighted by atomic mass is 32.2. The smallest absolute Gasteiger partial charge is 0.241 e. The normalized spacial score (nSPS) is 16.3. The monoisotopic (exact) mass is 390 g/mol. The summed E-state index contributed by atoms with van der Waals surface area (Å²) in [6.07, 6.45) is 3.73. The van der Waals surface area contributed by atoms with Crippen LogP contribution in [0, 0.1) is 13.8 Å². The molecule has 0 saturated heterocycles. The Bertz CT molecular complexity index is 790. The van der Waals surface area contributed by atoms with Crippen LogP contribution in [0.2, 0.25) is 0 Å². The van der Waals surface area contributed by atoms with E-state index in [0.29, 0.717) is 16.9 Å². The van der Waals surface area contributed by atoms with Crippen LogP contribution in [0.3, 0.4) is 0 Å². The third kappa shape index (κ3) is 5.40. The highest BCUT2D eigenvalue weighted by Crippen LogP contribution is 2.25. The molecule has 1 aliphatic carbocycles. The van der Waals surface area contributed by atoms with E-state index in [1.54, 1.807) is 26.0 Å². The van der Waals surface area contributed by atoms with E-state index in [0.717, 1.165) is 25.7 Å². The molecule has 1 aromatic carbocycles. The number of ether oxygens (including phenoxy) is 1. The van der Waals surface area contributed by atoms with Crippen LogP contribution < -0.4 is 14.2 Å². The van der Waals surface area contributed by atoms with Crippen LogP contribution >= 0.6 is 0 Å². The van der Waals surface area contributed by atoms with E-state index in [-0.39, 0.29) is 23.2 Å². The Labute approximate surface area is 150 Å². The first-order chi connectivity index (χ1) is 11.6. The SMILES string of the molecule is COc1cc(C)c(S(=O)(=O)NCCS(=O)(=O)NC2CCCC2)c(C)c1. The van der Waals surface area contributed by atoms with Crippen LogP contribution in [-0.4, -0.2) is 42.3 Å². The number of aryl methyl sites for hydroxylation is 2. The quantitative estimate of drug-likeness (QED) is 0.700. The Kier molecular flexibility index (Phi) is 6.47. The van der Waals surface area contributed by atoms with Gasteiger partial charge in [-0.05, 0) is 49.9 Å². The van der Waals surface area contributed by atoms with Crippen molar-refractivity contribution in [2.24, 2.45) is 0 Å². The molecule has 0 heterocycles. The van der Waals surface area contributed by atoms with Crippen molar-refractivity contribution in [2.75, 3.05) is 19.4 Å². The molecule has 0 unspecified atom stereocenters. The maximum absolute atomic E-state index is 12.5. The van der Waals surface area contributed by atoms with Gasteiger partial charge in [-0.25, -0.2) is 26.3 Å². The van der Waals surface area contributed by atoms with Gasteiger partial charge in [-0.3, -0.25) is 0 Å². The van der Waals surface area contributed by atoms with Crippen molar-refractivity contribution < 1.29 is 21.6 Å². The van der Waals surface area contributed by atoms with Gasteiger partial charge < -0.3 is 4.74 Å². The number of nitrogens with one attached hydrogen (secondary N) is 2. The lowest BCUT2D eigenvalue weighted by Crippen LogP contribution is -2.38. The van der Waals surface area contributed by atoms with Crippen molar-refractivity contribution in [3.8, 4) is 5.75 Å². The molecule has 2 N–H and O–H groups in total. The highest BCUT2D eigenvalue weighted by molar-refractivity contribution is 7.90. The van der Waals surface area contributed by atoms with Crippen LogP contribution in [0.25, 0.3) is 0 Å². The van der Waals surface area contributed by atoms with Gasteiger partial charge in [0, 0.05) is 12.6 Å². The number of methoxy groups -OCH3 is 1. The third-order valence-electron chi connectivity index (χ3n) is 4.30. The van der Waals surface area contributed by atoms with Gasteiger partial charge in [-0.2, -0.15) is 0 Å². The lowest BCUT2D eigenvalue weighted by molar-refractivity contribution is 0.413. The maximum atomic E-state index is 12.5. The van der Waals surface area contributed by atoms with E-state index in [2.05, 4.69) is 9.44 Å². The van der Waals surface area contributed by atoms with Crippen LogP contribution in [0.4, 0.5) is 0 Å². The summed E-state index contributed by atoms with van der Waals surface area (Å²) >= 11 is 0. The molecule has 0 radical (unpaired) electrons. The van der Waals surface area contributed by atoms with E-state index in [4.69, 9.17) is 4.74 Å². The molecule has 0 amide bonds. The molecular formula is C16H26N2O5S2. The minimum atomic E-state index is -3.79. The molecule has 1 aromatic rings. The van der Waals surface area contributed by atoms with Gasteiger partial charge in [0.1, 0.15) is 5.75 Å². The fraction of sp³-hybridized carbons (Fsp3) is 0.625. The first-order valence-electron chi connectivity index (χ1n) is 8.29. The molecule has 0 atom stereocenters. The summed E-state index contributed by atoms with van der Waals surface area (Å²) < 4.78 is 59.4. The largest absolute Gasteiger partial charge is 0.497 e. The van der Waals surface area contributed by atoms with Gasteiger partial charge in [-0.15, -0.1) is 0 Å². The first kappa shape index (κ1) is 20.2. The van der Waals surface area contributed by atoms with Crippen molar-refractivity contribution in [1.29, 1.82) is 0 Å². The summed E-state index contributed by atoms with van der Waals surface area (Å²) in [6, 6.07) is 3.26. The molecule has 142 valence electrons. The lowest BCUT2D eigenvalue weighted by atomic mass is 10.1. The van der Waals surface area contributed by atoms with Crippen molar-refractivity contribution >= 4 is 20.0 Å². The molecule has 1 fully saturated rings. The van der Waals surface area contributed by atoms with Gasteiger partial charge in [0.05, 0.1) is 17.8 Å². The lowest BCUT2D eigenvalue weighted by Gasteiger charge is -2.15. The minimum Gasteiger partial charge on any atom is -0.497 e. The third-order valence-corrected chi connectivity index (χ3v) is 7.50. The summed E-state index contributed by atoms with van der Waals surface area (Å²) in [4.78, 5) is 0.162. The van der Waals surface area contributed by atoms with Gasteiger partial charge in [0.15, 0.2) is 0 Å². The zero-order chi connectivity index (χ0) is 18.7. The molecule has 1 aliphatic rings. The molecule has 9 heteroatoms. The van der Waals surface area contributed by atoms with E-state index in [1.165, 1.54) is 7.11 Å². The predicted molar refractivity (Wildman–Crippen MR) is 96.8 cm³/mol. The average Bonchev–Trinajstić information content (AvgIpc) is 2.97. The van der Waals surface area contributed by atoms with E-state index >= 15 is 0 Å². The molecule has 2 rings (SSSR count). The Morgan fingerprint density at radius 3 is 2.16 bits per heavy atom. The van der Waals surface area contributed by atoms with Gasteiger partial charge in [-0.1, -0.05) is 12.8 Å². The molecule has 0 aromatic heterocycles. The molecular weight excluding hydrogens is 364 g/mol. The Hall–Kier alpha value is -1.16. The van der Waals surface area contributed by atoms with Crippen molar-refractivity contribution in [2.45, 2.75) is 50.5 Å². The first-order valence-corrected chi connectivity index (χ1v) is 11.4. The fourth-order valence-electron chi connectivity index (χ4n) is 3.19. The molecule has 0 spiro atoms. The molecule has 0 aliphatic heterocycles. The maximum Gasteiger partial charge on any atom is 0.241 e. The average molecular weight is 391 g/mol. The summed E-state index contributed by atoms with van der Waals surface area (Å²) in [5, 5.41) is 0. The predicted octanol–water partition coefficient (Wildman–Crippen LogP) is 1.45. The van der Waals surface area contributed by atoms with Crippen LogP contribution in [-0.2, 0) is 20.0 Å². The number of sulfonamides is 2. The topological polar surface area (TPSA) is 102 Å². The van der Waals surface area contributed by atoms with Crippen molar-refractivity contribution in [3.05, 3.63) is 23.3 Å². The van der Waals surface area contributed by atoms with Gasteiger partial charge in [0.25, 0.3) is 0 Å². The Balaban J connectivity index is 2.02. The number of rotatable bonds is 8. The van der Waals surface area contributed by atoms with Gasteiger partial charge in [0.2, 0.25) is 20.0 Å². The van der Waals surface area contributed by atoms with Crippen molar-refractivity contribution in [3.63, 3.8) is 0 Å². The summed E-state index contributed by atoms with van der Waals surface area (Å²) in [7, 11) is -5.77. The molecule has 0 bridgehead atoms. The summed E-state index contributed by atoms with van der Waals surface area (Å²) in [5.74, 6) is 0.300. The second-order valence-corrected chi connectivity index (χ2v) is 9.98. The van der Waals surface area contributed by atoms with Crippen LogP contribution in [0.5, 0.6) is 5.75 Å². The summed E-state index contributed by atoms with van der Waals surface area (Å²) in [5.41, 5.74) is 1.10. The van der Waals surface area contributed by atoms with Crippen molar-refractivity contribution in [1.82, 2.24) is 9.44 Å². The number of hydrogen-bond acceptors (Lipinski definition) is 5. The van der Waals surface area contributed by atoms with E-state index in [9.17, 15) is 16.8 Å². The Morgan fingerprint density at radius 1 is 1.08 bits per heavy atom. The second-order valence-electron chi connectivity index (χ2n) is 6.41. The van der Waals surface area contributed by atoms with Crippen LogP contribution in [0.1, 0.15) is 36.8 Å². The fourth-order valence-corrected chi connectivity index (χ4v) is 6.03. The minimum absolute atomic E-state index is 0.0207. The zero-order valence-electron chi connectivity index (χ0n) is 14.8. The molecule has 7 nitrogen and oxygen atoms in total. The number of hydrogen-bond donors (Lipinski definition) is 2. The second kappa shape index (κ2) is 8.03. The van der Waals surface area contributed by atoms with Gasteiger partial charge >= 0.3 is 0 Å². The molecule has 25 heavy (non-hydrogen) atoms. The standard InChI is InChI=1S/C16H26N2O5S2/c1-12-10-15(23-3)11-13(2)16(12)25(21,22)17-8-9-24(19,20)18-14-6-4-5-7-14/h10-11,14,17-18H,4-9H2,1-3H3. The zero-order valence-corrected chi connectivity index (χ0v) is 16.5.